The van der Waals surface area contributed by atoms with E-state index >= 15 is 0 Å². The number of nitrogens with zero attached hydrogens (tertiary/aromatic N) is 1. The molecule has 2 unspecified atom stereocenters. The van der Waals surface area contributed by atoms with Gasteiger partial charge in [0.2, 0.25) is 0 Å². The normalized spacial score (nSPS) is 26.3. The van der Waals surface area contributed by atoms with Crippen LogP contribution in [0, 0.1) is 5.92 Å². The van der Waals surface area contributed by atoms with Crippen LogP contribution in [0.3, 0.4) is 0 Å². The number of nitrogens with one attached hydrogen (secondary N) is 1. The predicted octanol–water partition coefficient (Wildman–Crippen LogP) is 1.75. The lowest BCUT2D eigenvalue weighted by molar-refractivity contribution is 0.0550. The van der Waals surface area contributed by atoms with E-state index in [0.717, 1.165) is 51.9 Å². The van der Waals surface area contributed by atoms with Crippen molar-refractivity contribution in [2.24, 2.45) is 5.92 Å². The molecule has 0 aliphatic carbocycles. The van der Waals surface area contributed by atoms with E-state index in [9.17, 15) is 4.79 Å². The molecule has 0 saturated carbocycles. The summed E-state index contributed by atoms with van der Waals surface area (Å²) >= 11 is 0. The summed E-state index contributed by atoms with van der Waals surface area (Å²) in [5.41, 5.74) is 0. The molecule has 0 radical (unpaired) electrons. The summed E-state index contributed by atoms with van der Waals surface area (Å²) in [6, 6.07) is 0.445. The second-order valence-corrected chi connectivity index (χ2v) is 6.04. The Morgan fingerprint density at radius 2 is 2.10 bits per heavy atom. The van der Waals surface area contributed by atoms with Gasteiger partial charge >= 0.3 is 6.03 Å². The third-order valence-electron chi connectivity index (χ3n) is 4.67. The lowest BCUT2D eigenvalue weighted by Crippen LogP contribution is -2.52. The molecule has 0 spiro atoms. The Morgan fingerprint density at radius 1 is 1.35 bits per heavy atom. The van der Waals surface area contributed by atoms with E-state index in [4.69, 9.17) is 9.84 Å². The topological polar surface area (TPSA) is 61.8 Å². The fraction of sp³-hybridized carbons (Fsp3) is 0.933. The first-order valence-electron chi connectivity index (χ1n) is 7.98. The maximum absolute atomic E-state index is 12.4. The standard InChI is InChI=1S/C15H28N2O3/c1-12(13-6-10-20-11-7-13)16-15(19)17-8-3-2-4-14(17)5-9-18/h12-14,18H,2-11H2,1H3,(H,16,19). The van der Waals surface area contributed by atoms with Crippen LogP contribution in [0.5, 0.6) is 0 Å². The second-order valence-electron chi connectivity index (χ2n) is 6.04. The fourth-order valence-corrected chi connectivity index (χ4v) is 3.33. The number of carbonyl (C=O) groups excluding carboxylic acids is 1. The Kier molecular flexibility index (Phi) is 6.10. The molecule has 5 nitrogen and oxygen atoms in total. The summed E-state index contributed by atoms with van der Waals surface area (Å²) in [6.07, 6.45) is 5.99. The smallest absolute Gasteiger partial charge is 0.317 e. The number of hydrogen-bond acceptors (Lipinski definition) is 3. The van der Waals surface area contributed by atoms with Gasteiger partial charge in [-0.3, -0.25) is 0 Å². The molecule has 2 aliphatic rings. The highest BCUT2D eigenvalue weighted by Gasteiger charge is 2.29. The number of aliphatic hydroxyl groups excluding tert-OH is 1. The summed E-state index contributed by atoms with van der Waals surface area (Å²) < 4.78 is 5.37. The van der Waals surface area contributed by atoms with Crippen molar-refractivity contribution in [1.82, 2.24) is 10.2 Å². The van der Waals surface area contributed by atoms with Gasteiger partial charge in [0.15, 0.2) is 0 Å². The fourth-order valence-electron chi connectivity index (χ4n) is 3.33. The van der Waals surface area contributed by atoms with Crippen LogP contribution in [0.1, 0.15) is 45.4 Å². The van der Waals surface area contributed by atoms with Crippen LogP contribution in [0.25, 0.3) is 0 Å². The number of rotatable bonds is 4. The summed E-state index contributed by atoms with van der Waals surface area (Å²) in [5, 5.41) is 12.3. The number of likely N-dealkylation sites (tertiary alicyclic amines) is 1. The Bertz CT molecular complexity index is 303. The first-order valence-corrected chi connectivity index (χ1v) is 7.98. The van der Waals surface area contributed by atoms with Crippen molar-refractivity contribution >= 4 is 6.03 Å². The van der Waals surface area contributed by atoms with Crippen LogP contribution < -0.4 is 5.32 Å². The highest BCUT2D eigenvalue weighted by atomic mass is 16.5. The van der Waals surface area contributed by atoms with E-state index in [1.165, 1.54) is 0 Å². The van der Waals surface area contributed by atoms with Gasteiger partial charge in [0.25, 0.3) is 0 Å². The van der Waals surface area contributed by atoms with E-state index in [1.54, 1.807) is 0 Å². The average molecular weight is 284 g/mol. The van der Waals surface area contributed by atoms with Crippen molar-refractivity contribution in [2.75, 3.05) is 26.4 Å². The minimum atomic E-state index is 0.0436. The van der Waals surface area contributed by atoms with Crippen LogP contribution in [0.15, 0.2) is 0 Å². The van der Waals surface area contributed by atoms with E-state index in [0.29, 0.717) is 12.3 Å². The quantitative estimate of drug-likeness (QED) is 0.827. The van der Waals surface area contributed by atoms with E-state index in [1.807, 2.05) is 4.90 Å². The van der Waals surface area contributed by atoms with Crippen LogP contribution in [0.4, 0.5) is 4.79 Å². The van der Waals surface area contributed by atoms with Crippen molar-refractivity contribution in [3.8, 4) is 0 Å². The van der Waals surface area contributed by atoms with E-state index < -0.39 is 0 Å². The molecule has 0 aromatic rings. The molecule has 2 atom stereocenters. The van der Waals surface area contributed by atoms with Crippen molar-refractivity contribution in [3.05, 3.63) is 0 Å². The van der Waals surface area contributed by atoms with Gasteiger partial charge in [0, 0.05) is 38.4 Å². The van der Waals surface area contributed by atoms with Gasteiger partial charge in [0.05, 0.1) is 0 Å². The maximum atomic E-state index is 12.4. The van der Waals surface area contributed by atoms with Crippen LogP contribution >= 0.6 is 0 Å². The molecule has 2 saturated heterocycles. The number of carbonyl (C=O) groups is 1. The lowest BCUT2D eigenvalue weighted by atomic mass is 9.93. The largest absolute Gasteiger partial charge is 0.396 e. The molecule has 2 rings (SSSR count). The monoisotopic (exact) mass is 284 g/mol. The molecule has 0 aromatic heterocycles. The zero-order valence-electron chi connectivity index (χ0n) is 12.5. The van der Waals surface area contributed by atoms with Gasteiger partial charge in [-0.15, -0.1) is 0 Å². The molecule has 2 heterocycles. The number of piperidine rings is 1. The summed E-state index contributed by atoms with van der Waals surface area (Å²) in [6.45, 7) is 4.68. The van der Waals surface area contributed by atoms with Gasteiger partial charge < -0.3 is 20.1 Å². The van der Waals surface area contributed by atoms with E-state index in [-0.39, 0.29) is 24.7 Å². The molecular formula is C15H28N2O3. The molecule has 2 amide bonds. The second kappa shape index (κ2) is 7.84. The first-order chi connectivity index (χ1) is 9.72. The van der Waals surface area contributed by atoms with Gasteiger partial charge in [-0.05, 0) is 51.4 Å². The van der Waals surface area contributed by atoms with E-state index in [2.05, 4.69) is 12.2 Å². The highest BCUT2D eigenvalue weighted by Crippen LogP contribution is 2.22. The number of urea groups is 1. The van der Waals surface area contributed by atoms with Crippen molar-refractivity contribution < 1.29 is 14.6 Å². The Balaban J connectivity index is 1.85. The Hall–Kier alpha value is -0.810. The third-order valence-corrected chi connectivity index (χ3v) is 4.67. The van der Waals surface area contributed by atoms with Crippen molar-refractivity contribution in [3.63, 3.8) is 0 Å². The van der Waals surface area contributed by atoms with Crippen LogP contribution in [-0.4, -0.2) is 54.5 Å². The first kappa shape index (κ1) is 15.6. The molecule has 0 bridgehead atoms. The molecule has 2 aliphatic heterocycles. The molecule has 116 valence electrons. The number of amides is 2. The number of aliphatic hydroxyl groups is 1. The third kappa shape index (κ3) is 4.09. The molecule has 2 N–H and O–H groups in total. The summed E-state index contributed by atoms with van der Waals surface area (Å²) in [4.78, 5) is 14.4. The lowest BCUT2D eigenvalue weighted by Gasteiger charge is -2.37. The van der Waals surface area contributed by atoms with Gasteiger partial charge in [0.1, 0.15) is 0 Å². The van der Waals surface area contributed by atoms with Crippen LogP contribution in [-0.2, 0) is 4.74 Å². The highest BCUT2D eigenvalue weighted by molar-refractivity contribution is 5.75. The van der Waals surface area contributed by atoms with Crippen molar-refractivity contribution in [2.45, 2.75) is 57.5 Å². The Labute approximate surface area is 121 Å². The molecular weight excluding hydrogens is 256 g/mol. The predicted molar refractivity (Wildman–Crippen MR) is 77.6 cm³/mol. The summed E-state index contributed by atoms with van der Waals surface area (Å²) in [5.74, 6) is 0.522. The minimum Gasteiger partial charge on any atom is -0.396 e. The molecule has 2 fully saturated rings. The molecule has 5 heteroatoms. The minimum absolute atomic E-state index is 0.0436. The molecule has 20 heavy (non-hydrogen) atoms. The van der Waals surface area contributed by atoms with Gasteiger partial charge in [-0.25, -0.2) is 4.79 Å². The van der Waals surface area contributed by atoms with Gasteiger partial charge in [-0.2, -0.15) is 0 Å². The average Bonchev–Trinajstić information content (AvgIpc) is 2.49. The zero-order chi connectivity index (χ0) is 14.4. The molecule has 0 aromatic carbocycles. The van der Waals surface area contributed by atoms with Gasteiger partial charge in [-0.1, -0.05) is 0 Å². The van der Waals surface area contributed by atoms with Crippen LogP contribution in [0.2, 0.25) is 0 Å². The maximum Gasteiger partial charge on any atom is 0.317 e. The van der Waals surface area contributed by atoms with Crippen molar-refractivity contribution in [1.29, 1.82) is 0 Å². The zero-order valence-corrected chi connectivity index (χ0v) is 12.5. The number of ether oxygens (including phenoxy) is 1. The SMILES string of the molecule is CC(NC(=O)N1CCCCC1CCO)C1CCOCC1. The summed E-state index contributed by atoms with van der Waals surface area (Å²) in [7, 11) is 0. The Morgan fingerprint density at radius 3 is 2.80 bits per heavy atom. The number of hydrogen-bond donors (Lipinski definition) is 2.